The van der Waals surface area contributed by atoms with Gasteiger partial charge in [-0.05, 0) is 4.90 Å². The minimum absolute atomic E-state index is 0. The van der Waals surface area contributed by atoms with E-state index in [0.29, 0.717) is 0 Å². The van der Waals surface area contributed by atoms with Gasteiger partial charge >= 0.3 is 19.5 Å². The Kier molecular flexibility index (Phi) is 6.74. The maximum absolute atomic E-state index is 10.5. The number of rotatable bonds is 1. The zero-order chi connectivity index (χ0) is 10.4. The topological polar surface area (TPSA) is 34.1 Å². The third-order valence-corrected chi connectivity index (χ3v) is 2.84. The minimum Gasteiger partial charge on any atom is -0.220 e. The molecule has 0 atom stereocenters. The van der Waals surface area contributed by atoms with Crippen molar-refractivity contribution >= 4 is 19.7 Å². The number of hydrogen-bond acceptors (Lipinski definition) is 2. The Morgan fingerprint density at radius 2 is 1.47 bits per heavy atom. The van der Waals surface area contributed by atoms with Gasteiger partial charge < -0.3 is 0 Å². The molecule has 0 aliphatic rings. The van der Waals surface area contributed by atoms with Crippen molar-refractivity contribution in [3.63, 3.8) is 0 Å². The zero-order valence-electron chi connectivity index (χ0n) is 7.65. The first-order chi connectivity index (χ1) is 6.61. The van der Waals surface area contributed by atoms with Crippen LogP contribution in [0.3, 0.4) is 0 Å². The van der Waals surface area contributed by atoms with E-state index >= 15 is 0 Å². The maximum Gasteiger partial charge on any atom is 2.00 e. The van der Waals surface area contributed by atoms with Crippen LogP contribution < -0.4 is 0 Å². The molecule has 0 saturated carbocycles. The first kappa shape index (κ1) is 14.6. The molecule has 0 aromatic heterocycles. The SMILES string of the molecule is O=S(=O)(Cl)[c-]1cccc1.[Ru+2].c1cc[cH-]c1. The van der Waals surface area contributed by atoms with Gasteiger partial charge in [-0.2, -0.15) is 30.3 Å². The van der Waals surface area contributed by atoms with Gasteiger partial charge in [-0.25, -0.2) is 32.7 Å². The van der Waals surface area contributed by atoms with Crippen LogP contribution in [-0.2, 0) is 28.5 Å². The van der Waals surface area contributed by atoms with Crippen molar-refractivity contribution in [2.75, 3.05) is 0 Å². The average molecular weight is 330 g/mol. The van der Waals surface area contributed by atoms with E-state index in [4.69, 9.17) is 10.7 Å². The Hall–Kier alpha value is -0.437. The van der Waals surface area contributed by atoms with Crippen LogP contribution in [0.25, 0.3) is 0 Å². The molecule has 0 unspecified atom stereocenters. The van der Waals surface area contributed by atoms with Crippen molar-refractivity contribution in [3.05, 3.63) is 54.6 Å². The summed E-state index contributed by atoms with van der Waals surface area (Å²) in [5.41, 5.74) is 0. The Labute approximate surface area is 107 Å². The Morgan fingerprint density at radius 1 is 1.00 bits per heavy atom. The van der Waals surface area contributed by atoms with Crippen LogP contribution in [0.2, 0.25) is 0 Å². The van der Waals surface area contributed by atoms with Crippen molar-refractivity contribution < 1.29 is 27.9 Å². The average Bonchev–Trinajstić information content (AvgIpc) is 2.80. The van der Waals surface area contributed by atoms with Crippen LogP contribution in [0.15, 0.2) is 59.5 Å². The maximum atomic E-state index is 10.5. The molecule has 0 N–H and O–H groups in total. The van der Waals surface area contributed by atoms with Gasteiger partial charge in [-0.15, -0.1) is 0 Å². The van der Waals surface area contributed by atoms with Crippen LogP contribution in [0.1, 0.15) is 0 Å². The summed E-state index contributed by atoms with van der Waals surface area (Å²) in [5.74, 6) is 0. The summed E-state index contributed by atoms with van der Waals surface area (Å²) in [5, 5.41) is 0. The Morgan fingerprint density at radius 3 is 1.67 bits per heavy atom. The molecule has 0 aliphatic heterocycles. The molecule has 2 rings (SSSR count). The number of hydrogen-bond donors (Lipinski definition) is 0. The van der Waals surface area contributed by atoms with Gasteiger partial charge in [-0.1, -0.05) is 0 Å². The summed E-state index contributed by atoms with van der Waals surface area (Å²) >= 11 is 0. The predicted octanol–water partition coefficient (Wildman–Crippen LogP) is 2.74. The minimum atomic E-state index is -3.49. The Balaban J connectivity index is 0.000000280. The second kappa shape index (κ2) is 6.94. The van der Waals surface area contributed by atoms with Crippen LogP contribution in [-0.4, -0.2) is 8.42 Å². The van der Waals surface area contributed by atoms with E-state index in [1.54, 1.807) is 12.1 Å². The van der Waals surface area contributed by atoms with Gasteiger partial charge in [0.25, 0.3) is 0 Å². The molecule has 0 radical (unpaired) electrons. The van der Waals surface area contributed by atoms with Gasteiger partial charge in [-0.3, -0.25) is 0 Å². The quantitative estimate of drug-likeness (QED) is 0.458. The molecule has 2 nitrogen and oxygen atoms in total. The second-order valence-corrected chi connectivity index (χ2v) is 5.09. The summed E-state index contributed by atoms with van der Waals surface area (Å²) in [4.78, 5) is 0.157. The molecule has 0 spiro atoms. The van der Waals surface area contributed by atoms with Gasteiger partial charge in [0.15, 0.2) is 0 Å². The van der Waals surface area contributed by atoms with Crippen LogP contribution in [0, 0.1) is 0 Å². The summed E-state index contributed by atoms with van der Waals surface area (Å²) in [7, 11) is 1.48. The van der Waals surface area contributed by atoms with Gasteiger partial charge in [0, 0.05) is 10.7 Å². The molecule has 82 valence electrons. The molecule has 15 heavy (non-hydrogen) atoms. The molecule has 0 fully saturated rings. The van der Waals surface area contributed by atoms with E-state index in [2.05, 4.69) is 0 Å². The van der Waals surface area contributed by atoms with E-state index in [0.717, 1.165) is 0 Å². The fourth-order valence-corrected chi connectivity index (χ4v) is 1.63. The molecule has 0 bridgehead atoms. The standard InChI is InChI=1S/C5H4ClO2S.C5H5.Ru/c6-9(7,8)5-3-1-2-4-5;1-2-4-5-3-1;/h1-4H;1-5H;/q2*-1;+2. The molecular weight excluding hydrogens is 321 g/mol. The van der Waals surface area contributed by atoms with Crippen molar-refractivity contribution in [2.45, 2.75) is 4.90 Å². The van der Waals surface area contributed by atoms with E-state index in [9.17, 15) is 8.42 Å². The fraction of sp³-hybridized carbons (Fsp3) is 0. The summed E-state index contributed by atoms with van der Waals surface area (Å²) in [6.07, 6.45) is 0. The van der Waals surface area contributed by atoms with Crippen molar-refractivity contribution in [1.29, 1.82) is 0 Å². The van der Waals surface area contributed by atoms with Gasteiger partial charge in [0.05, 0.1) is 0 Å². The summed E-state index contributed by atoms with van der Waals surface area (Å²) < 4.78 is 20.9. The number of halogens is 1. The molecule has 0 saturated heterocycles. The van der Waals surface area contributed by atoms with Gasteiger partial charge in [0.2, 0.25) is 9.05 Å². The third-order valence-electron chi connectivity index (χ3n) is 1.47. The fourth-order valence-electron chi connectivity index (χ4n) is 0.840. The van der Waals surface area contributed by atoms with Crippen LogP contribution >= 0.6 is 10.7 Å². The van der Waals surface area contributed by atoms with Crippen molar-refractivity contribution in [2.24, 2.45) is 0 Å². The first-order valence-electron chi connectivity index (χ1n) is 3.94. The molecule has 5 heteroatoms. The van der Waals surface area contributed by atoms with Crippen molar-refractivity contribution in [1.82, 2.24) is 0 Å². The van der Waals surface area contributed by atoms with E-state index in [-0.39, 0.29) is 24.4 Å². The van der Waals surface area contributed by atoms with E-state index < -0.39 is 9.05 Å². The molecule has 0 aliphatic carbocycles. The molecule has 2 aromatic rings. The molecule has 0 heterocycles. The van der Waals surface area contributed by atoms with Crippen LogP contribution in [0.4, 0.5) is 0 Å². The largest absolute Gasteiger partial charge is 2.00 e. The molecule has 0 amide bonds. The van der Waals surface area contributed by atoms with E-state index in [1.165, 1.54) is 12.1 Å². The monoisotopic (exact) mass is 330 g/mol. The van der Waals surface area contributed by atoms with Crippen molar-refractivity contribution in [3.8, 4) is 0 Å². The second-order valence-electron chi connectivity index (χ2n) is 2.52. The molecular formula is C10H9ClO2RuS. The summed E-state index contributed by atoms with van der Waals surface area (Å²) in [6, 6.07) is 16.1. The zero-order valence-corrected chi connectivity index (χ0v) is 11.0. The molecule has 2 aromatic carbocycles. The predicted molar refractivity (Wildman–Crippen MR) is 57.1 cm³/mol. The third kappa shape index (κ3) is 5.88. The van der Waals surface area contributed by atoms with Crippen LogP contribution in [0.5, 0.6) is 0 Å². The first-order valence-corrected chi connectivity index (χ1v) is 6.25. The smallest absolute Gasteiger partial charge is 0.220 e. The normalized spacial score (nSPS) is 9.67. The van der Waals surface area contributed by atoms with Gasteiger partial charge in [0.1, 0.15) is 0 Å². The Bertz CT molecular complexity index is 415. The summed E-state index contributed by atoms with van der Waals surface area (Å²) in [6.45, 7) is 0. The van der Waals surface area contributed by atoms with E-state index in [1.807, 2.05) is 30.3 Å².